The second-order valence-corrected chi connectivity index (χ2v) is 5.89. The van der Waals surface area contributed by atoms with Crippen LogP contribution in [0, 0.1) is 0 Å². The minimum Gasteiger partial charge on any atom is -0.497 e. The summed E-state index contributed by atoms with van der Waals surface area (Å²) in [5.74, 6) is 1.95. The third kappa shape index (κ3) is 3.99. The second-order valence-electron chi connectivity index (χ2n) is 5.89. The first kappa shape index (κ1) is 17.0. The van der Waals surface area contributed by atoms with Crippen LogP contribution in [0.3, 0.4) is 0 Å². The van der Waals surface area contributed by atoms with Gasteiger partial charge in [-0.2, -0.15) is 5.10 Å². The molecular weight excluding hydrogens is 320 g/mol. The van der Waals surface area contributed by atoms with Crippen LogP contribution in [0.2, 0.25) is 0 Å². The van der Waals surface area contributed by atoms with Gasteiger partial charge in [0.25, 0.3) is 5.91 Å². The van der Waals surface area contributed by atoms with Crippen LogP contribution in [-0.4, -0.2) is 54.4 Å². The number of anilines is 1. The van der Waals surface area contributed by atoms with Gasteiger partial charge in [-0.3, -0.25) is 4.79 Å². The molecule has 1 amide bonds. The van der Waals surface area contributed by atoms with Crippen LogP contribution in [0.15, 0.2) is 36.5 Å². The van der Waals surface area contributed by atoms with Gasteiger partial charge >= 0.3 is 0 Å². The van der Waals surface area contributed by atoms with Gasteiger partial charge in [-0.1, -0.05) is 0 Å². The number of nitrogens with zero attached hydrogens (tertiary/aromatic N) is 3. The summed E-state index contributed by atoms with van der Waals surface area (Å²) >= 11 is 0. The topological polar surface area (TPSA) is 76.6 Å². The highest BCUT2D eigenvalue weighted by Crippen LogP contribution is 2.27. The lowest BCUT2D eigenvalue weighted by Crippen LogP contribution is -2.42. The zero-order valence-corrected chi connectivity index (χ0v) is 14.4. The first-order chi connectivity index (χ1) is 12.2. The Balaban J connectivity index is 1.62. The van der Waals surface area contributed by atoms with Gasteiger partial charge in [0, 0.05) is 31.4 Å². The number of methoxy groups -OCH3 is 2. The minimum atomic E-state index is -0.0162. The Morgan fingerprint density at radius 2 is 2.00 bits per heavy atom. The van der Waals surface area contributed by atoms with E-state index in [1.807, 2.05) is 17.0 Å². The fourth-order valence-corrected chi connectivity index (χ4v) is 2.96. The van der Waals surface area contributed by atoms with Gasteiger partial charge < -0.3 is 19.7 Å². The number of hydrogen-bond donors (Lipinski definition) is 1. The summed E-state index contributed by atoms with van der Waals surface area (Å²) < 4.78 is 10.5. The number of nitrogens with one attached hydrogen (secondary N) is 1. The van der Waals surface area contributed by atoms with Crippen LogP contribution in [0.5, 0.6) is 11.5 Å². The van der Waals surface area contributed by atoms with E-state index >= 15 is 0 Å². The molecule has 1 aliphatic rings. The highest BCUT2D eigenvalue weighted by atomic mass is 16.5. The summed E-state index contributed by atoms with van der Waals surface area (Å²) in [6, 6.07) is 9.30. The normalized spacial score (nSPS) is 14.9. The second kappa shape index (κ2) is 7.83. The number of hydrogen-bond acceptors (Lipinski definition) is 6. The van der Waals surface area contributed by atoms with Crippen molar-refractivity contribution in [2.24, 2.45) is 0 Å². The summed E-state index contributed by atoms with van der Waals surface area (Å²) in [5.41, 5.74) is 0.559. The fourth-order valence-electron chi connectivity index (χ4n) is 2.96. The summed E-state index contributed by atoms with van der Waals surface area (Å²) in [4.78, 5) is 14.7. The molecule has 0 saturated carbocycles. The van der Waals surface area contributed by atoms with E-state index in [0.717, 1.165) is 18.7 Å². The molecule has 25 heavy (non-hydrogen) atoms. The monoisotopic (exact) mass is 342 g/mol. The molecule has 1 N–H and O–H groups in total. The molecule has 3 rings (SSSR count). The number of aromatic nitrogens is 2. The maximum Gasteiger partial charge on any atom is 0.257 e. The Morgan fingerprint density at radius 3 is 2.64 bits per heavy atom. The molecule has 0 radical (unpaired) electrons. The molecule has 0 bridgehead atoms. The molecular formula is C18H22N4O3. The van der Waals surface area contributed by atoms with Crippen molar-refractivity contribution in [3.8, 4) is 11.5 Å². The van der Waals surface area contributed by atoms with Crippen molar-refractivity contribution >= 4 is 11.7 Å². The number of piperidine rings is 1. The molecule has 1 aliphatic heterocycles. The number of ether oxygens (including phenoxy) is 2. The molecule has 0 atom stereocenters. The Morgan fingerprint density at radius 1 is 1.20 bits per heavy atom. The highest BCUT2D eigenvalue weighted by Gasteiger charge is 2.25. The number of likely N-dealkylation sites (tertiary alicyclic amines) is 1. The van der Waals surface area contributed by atoms with Crippen molar-refractivity contribution in [3.63, 3.8) is 0 Å². The first-order valence-electron chi connectivity index (χ1n) is 8.27. The Labute approximate surface area is 147 Å². The van der Waals surface area contributed by atoms with Gasteiger partial charge in [0.05, 0.1) is 19.8 Å². The predicted octanol–water partition coefficient (Wildman–Crippen LogP) is 2.21. The van der Waals surface area contributed by atoms with E-state index < -0.39 is 0 Å². The van der Waals surface area contributed by atoms with Gasteiger partial charge in [0.15, 0.2) is 0 Å². The molecule has 0 aliphatic carbocycles. The number of rotatable bonds is 5. The quantitative estimate of drug-likeness (QED) is 0.898. The van der Waals surface area contributed by atoms with Gasteiger partial charge in [-0.15, -0.1) is 5.10 Å². The fraction of sp³-hybridized carbons (Fsp3) is 0.389. The van der Waals surface area contributed by atoms with E-state index in [-0.39, 0.29) is 5.91 Å². The minimum absolute atomic E-state index is 0.0162. The van der Waals surface area contributed by atoms with E-state index in [0.29, 0.717) is 36.2 Å². The predicted molar refractivity (Wildman–Crippen MR) is 94.1 cm³/mol. The molecule has 2 aromatic rings. The third-order valence-electron chi connectivity index (χ3n) is 4.35. The van der Waals surface area contributed by atoms with Gasteiger partial charge in [0.2, 0.25) is 0 Å². The molecule has 2 heterocycles. The first-order valence-corrected chi connectivity index (χ1v) is 8.27. The third-order valence-corrected chi connectivity index (χ3v) is 4.35. The van der Waals surface area contributed by atoms with Crippen molar-refractivity contribution in [1.82, 2.24) is 15.1 Å². The molecule has 1 aromatic heterocycles. The average Bonchev–Trinajstić information content (AvgIpc) is 2.68. The van der Waals surface area contributed by atoms with E-state index in [2.05, 4.69) is 15.5 Å². The average molecular weight is 342 g/mol. The van der Waals surface area contributed by atoms with Crippen molar-refractivity contribution in [1.29, 1.82) is 0 Å². The van der Waals surface area contributed by atoms with Crippen molar-refractivity contribution in [2.75, 3.05) is 32.6 Å². The number of amides is 1. The Bertz CT molecular complexity index is 716. The van der Waals surface area contributed by atoms with Gasteiger partial charge in [-0.25, -0.2) is 0 Å². The van der Waals surface area contributed by atoms with Crippen molar-refractivity contribution < 1.29 is 14.3 Å². The molecule has 1 fully saturated rings. The van der Waals surface area contributed by atoms with E-state index in [9.17, 15) is 4.79 Å². The Hall–Kier alpha value is -2.83. The molecule has 1 saturated heterocycles. The highest BCUT2D eigenvalue weighted by molar-refractivity contribution is 5.97. The largest absolute Gasteiger partial charge is 0.497 e. The number of carbonyl (C=O) groups is 1. The van der Waals surface area contributed by atoms with Crippen LogP contribution in [0.4, 0.5) is 5.82 Å². The van der Waals surface area contributed by atoms with E-state index in [1.165, 1.54) is 0 Å². The maximum atomic E-state index is 12.8. The van der Waals surface area contributed by atoms with Crippen molar-refractivity contribution in [3.05, 3.63) is 42.1 Å². The van der Waals surface area contributed by atoms with Crippen LogP contribution >= 0.6 is 0 Å². The van der Waals surface area contributed by atoms with Crippen LogP contribution < -0.4 is 14.8 Å². The standard InChI is InChI=1S/C18H22N4O3/c1-24-14-5-6-15(16(12-14)25-2)18(23)22-10-7-13(8-11-22)20-17-4-3-9-19-21-17/h3-6,9,12-13H,7-8,10-11H2,1-2H3,(H,20,21). The zero-order valence-electron chi connectivity index (χ0n) is 14.4. The summed E-state index contributed by atoms with van der Waals surface area (Å²) in [5, 5.41) is 11.3. The lowest BCUT2D eigenvalue weighted by Gasteiger charge is -2.32. The Kier molecular flexibility index (Phi) is 5.33. The van der Waals surface area contributed by atoms with Crippen LogP contribution in [0.1, 0.15) is 23.2 Å². The smallest absolute Gasteiger partial charge is 0.257 e. The van der Waals surface area contributed by atoms with E-state index in [4.69, 9.17) is 9.47 Å². The lowest BCUT2D eigenvalue weighted by atomic mass is 10.0. The molecule has 0 unspecified atom stereocenters. The zero-order chi connectivity index (χ0) is 17.6. The molecule has 7 nitrogen and oxygen atoms in total. The number of carbonyl (C=O) groups excluding carboxylic acids is 1. The molecule has 1 aromatic carbocycles. The van der Waals surface area contributed by atoms with Crippen LogP contribution in [-0.2, 0) is 0 Å². The van der Waals surface area contributed by atoms with Gasteiger partial charge in [0.1, 0.15) is 17.3 Å². The summed E-state index contributed by atoms with van der Waals surface area (Å²) in [7, 11) is 3.15. The maximum absolute atomic E-state index is 12.8. The van der Waals surface area contributed by atoms with Crippen LogP contribution in [0.25, 0.3) is 0 Å². The summed E-state index contributed by atoms with van der Waals surface area (Å²) in [6.45, 7) is 1.37. The van der Waals surface area contributed by atoms with Gasteiger partial charge in [-0.05, 0) is 37.1 Å². The SMILES string of the molecule is COc1ccc(C(=O)N2CCC(Nc3cccnn3)CC2)c(OC)c1. The number of benzene rings is 1. The molecule has 132 valence electrons. The van der Waals surface area contributed by atoms with E-state index in [1.54, 1.807) is 38.6 Å². The molecule has 0 spiro atoms. The molecule has 7 heteroatoms. The van der Waals surface area contributed by atoms with Crippen molar-refractivity contribution in [2.45, 2.75) is 18.9 Å². The summed E-state index contributed by atoms with van der Waals surface area (Å²) in [6.07, 6.45) is 3.37. The lowest BCUT2D eigenvalue weighted by molar-refractivity contribution is 0.0715.